The molecule has 150 valence electrons. The van der Waals surface area contributed by atoms with Gasteiger partial charge in [0, 0.05) is 49.9 Å². The van der Waals surface area contributed by atoms with E-state index in [9.17, 15) is 9.59 Å². The Balaban J connectivity index is 1.25. The summed E-state index contributed by atoms with van der Waals surface area (Å²) in [5.41, 5.74) is 2.46. The van der Waals surface area contributed by atoms with Crippen molar-refractivity contribution in [2.75, 3.05) is 32.7 Å². The van der Waals surface area contributed by atoms with Crippen molar-refractivity contribution in [1.82, 2.24) is 15.1 Å². The molecule has 1 aliphatic carbocycles. The summed E-state index contributed by atoms with van der Waals surface area (Å²) >= 11 is 0. The van der Waals surface area contributed by atoms with Crippen LogP contribution in [0.1, 0.15) is 39.1 Å². The van der Waals surface area contributed by atoms with Crippen LogP contribution in [0.4, 0.5) is 0 Å². The van der Waals surface area contributed by atoms with Crippen molar-refractivity contribution in [1.29, 1.82) is 0 Å². The largest absolute Gasteiger partial charge is 0.349 e. The predicted octanol–water partition coefficient (Wildman–Crippen LogP) is 3.05. The molecule has 2 amide bonds. The molecule has 2 fully saturated rings. The third-order valence-corrected chi connectivity index (χ3v) is 5.44. The SMILES string of the molecule is O=C(NC1CC1)c1ccc(C(=O)N2CCN(C/C=C/c3ccccc3)CC2)cc1. The van der Waals surface area contributed by atoms with Crippen LogP contribution < -0.4 is 5.32 Å². The molecule has 0 spiro atoms. The molecule has 0 aromatic heterocycles. The first-order valence-corrected chi connectivity index (χ1v) is 10.3. The highest BCUT2D eigenvalue weighted by Crippen LogP contribution is 2.19. The lowest BCUT2D eigenvalue weighted by Gasteiger charge is -2.34. The molecule has 0 atom stereocenters. The van der Waals surface area contributed by atoms with Gasteiger partial charge in [-0.25, -0.2) is 0 Å². The molecule has 2 aromatic carbocycles. The number of benzene rings is 2. The number of hydrogen-bond acceptors (Lipinski definition) is 3. The molecular formula is C24H27N3O2. The molecule has 0 unspecified atom stereocenters. The minimum atomic E-state index is -0.0522. The quantitative estimate of drug-likeness (QED) is 0.826. The molecule has 1 heterocycles. The molecule has 0 radical (unpaired) electrons. The standard InChI is InChI=1S/C24H27N3O2/c28-23(25-22-12-13-22)20-8-10-21(11-9-20)24(29)27-17-15-26(16-18-27)14-4-7-19-5-2-1-3-6-19/h1-11,22H,12-18H2,(H,25,28)/b7-4+. The fourth-order valence-corrected chi connectivity index (χ4v) is 3.48. The number of piperazine rings is 1. The molecule has 5 nitrogen and oxygen atoms in total. The predicted molar refractivity (Wildman–Crippen MR) is 115 cm³/mol. The summed E-state index contributed by atoms with van der Waals surface area (Å²) < 4.78 is 0. The third kappa shape index (κ3) is 5.33. The second-order valence-electron chi connectivity index (χ2n) is 7.73. The van der Waals surface area contributed by atoms with E-state index in [-0.39, 0.29) is 11.8 Å². The Kier molecular flexibility index (Phi) is 6.06. The number of rotatable bonds is 6. The van der Waals surface area contributed by atoms with Crippen molar-refractivity contribution in [3.05, 3.63) is 77.4 Å². The molecule has 29 heavy (non-hydrogen) atoms. The lowest BCUT2D eigenvalue weighted by atomic mass is 10.1. The fraction of sp³-hybridized carbons (Fsp3) is 0.333. The molecule has 4 rings (SSSR count). The molecule has 1 saturated carbocycles. The second-order valence-corrected chi connectivity index (χ2v) is 7.73. The van der Waals surface area contributed by atoms with Crippen molar-refractivity contribution in [3.8, 4) is 0 Å². The zero-order chi connectivity index (χ0) is 20.1. The first-order chi connectivity index (χ1) is 14.2. The number of carbonyl (C=O) groups is 2. The van der Waals surface area contributed by atoms with Gasteiger partial charge in [0.1, 0.15) is 0 Å². The Bertz CT molecular complexity index is 865. The number of nitrogens with one attached hydrogen (secondary N) is 1. The Hall–Kier alpha value is -2.92. The monoisotopic (exact) mass is 389 g/mol. The van der Waals surface area contributed by atoms with Crippen molar-refractivity contribution in [2.45, 2.75) is 18.9 Å². The average Bonchev–Trinajstić information content (AvgIpc) is 3.59. The van der Waals surface area contributed by atoms with E-state index in [0.717, 1.165) is 45.6 Å². The molecule has 1 saturated heterocycles. The Morgan fingerprint density at radius 2 is 1.55 bits per heavy atom. The van der Waals surface area contributed by atoms with Gasteiger partial charge in [-0.05, 0) is 42.7 Å². The van der Waals surface area contributed by atoms with E-state index < -0.39 is 0 Å². The first kappa shape index (κ1) is 19.4. The van der Waals surface area contributed by atoms with Crippen LogP contribution in [0.5, 0.6) is 0 Å². The zero-order valence-corrected chi connectivity index (χ0v) is 16.6. The molecule has 5 heteroatoms. The van der Waals surface area contributed by atoms with Crippen LogP contribution in [0.3, 0.4) is 0 Å². The van der Waals surface area contributed by atoms with Crippen LogP contribution in [-0.2, 0) is 0 Å². The van der Waals surface area contributed by atoms with Gasteiger partial charge in [0.25, 0.3) is 11.8 Å². The summed E-state index contributed by atoms with van der Waals surface area (Å²) in [4.78, 5) is 29.1. The van der Waals surface area contributed by atoms with Gasteiger partial charge in [-0.3, -0.25) is 14.5 Å². The van der Waals surface area contributed by atoms with Crippen molar-refractivity contribution >= 4 is 17.9 Å². The molecular weight excluding hydrogens is 362 g/mol. The van der Waals surface area contributed by atoms with Gasteiger partial charge in [0.05, 0.1) is 0 Å². The van der Waals surface area contributed by atoms with Gasteiger partial charge in [-0.15, -0.1) is 0 Å². The highest BCUT2D eigenvalue weighted by molar-refractivity contribution is 5.98. The van der Waals surface area contributed by atoms with E-state index in [1.165, 1.54) is 5.56 Å². The summed E-state index contributed by atoms with van der Waals surface area (Å²) in [5.74, 6) is -0.0118. The molecule has 2 aliphatic rings. The van der Waals surface area contributed by atoms with Crippen LogP contribution in [0, 0.1) is 0 Å². The van der Waals surface area contributed by atoms with Gasteiger partial charge >= 0.3 is 0 Å². The highest BCUT2D eigenvalue weighted by atomic mass is 16.2. The van der Waals surface area contributed by atoms with E-state index in [1.807, 2.05) is 23.1 Å². The summed E-state index contributed by atoms with van der Waals surface area (Å²) in [6, 6.07) is 17.6. The van der Waals surface area contributed by atoms with Crippen molar-refractivity contribution in [3.63, 3.8) is 0 Å². The number of hydrogen-bond donors (Lipinski definition) is 1. The van der Waals surface area contributed by atoms with E-state index >= 15 is 0 Å². The number of nitrogens with zero attached hydrogens (tertiary/aromatic N) is 2. The van der Waals surface area contributed by atoms with Crippen molar-refractivity contribution < 1.29 is 9.59 Å². The second kappa shape index (κ2) is 9.05. The van der Waals surface area contributed by atoms with Crippen molar-refractivity contribution in [2.24, 2.45) is 0 Å². The van der Waals surface area contributed by atoms with E-state index in [1.54, 1.807) is 24.3 Å². The summed E-state index contributed by atoms with van der Waals surface area (Å²) in [6.45, 7) is 4.07. The zero-order valence-electron chi connectivity index (χ0n) is 16.6. The molecule has 1 aliphatic heterocycles. The summed E-state index contributed by atoms with van der Waals surface area (Å²) in [7, 11) is 0. The lowest BCUT2D eigenvalue weighted by molar-refractivity contribution is 0.0650. The summed E-state index contributed by atoms with van der Waals surface area (Å²) in [6.07, 6.45) is 6.45. The highest BCUT2D eigenvalue weighted by Gasteiger charge is 2.24. The van der Waals surface area contributed by atoms with Gasteiger partial charge < -0.3 is 10.2 Å². The fourth-order valence-electron chi connectivity index (χ4n) is 3.48. The number of carbonyl (C=O) groups excluding carboxylic acids is 2. The topological polar surface area (TPSA) is 52.7 Å². The van der Waals surface area contributed by atoms with Crippen LogP contribution in [0.25, 0.3) is 6.08 Å². The van der Waals surface area contributed by atoms with E-state index in [2.05, 4.69) is 34.5 Å². The minimum Gasteiger partial charge on any atom is -0.349 e. The smallest absolute Gasteiger partial charge is 0.253 e. The van der Waals surface area contributed by atoms with E-state index in [4.69, 9.17) is 0 Å². The maximum atomic E-state index is 12.8. The van der Waals surface area contributed by atoms with Gasteiger partial charge in [0.15, 0.2) is 0 Å². The number of amides is 2. The van der Waals surface area contributed by atoms with Gasteiger partial charge in [-0.2, -0.15) is 0 Å². The minimum absolute atomic E-state index is 0.0404. The molecule has 2 aromatic rings. The van der Waals surface area contributed by atoms with Crippen LogP contribution in [-0.4, -0.2) is 60.4 Å². The van der Waals surface area contributed by atoms with Gasteiger partial charge in [0.2, 0.25) is 0 Å². The van der Waals surface area contributed by atoms with Crippen LogP contribution in [0.2, 0.25) is 0 Å². The maximum Gasteiger partial charge on any atom is 0.253 e. The van der Waals surface area contributed by atoms with E-state index in [0.29, 0.717) is 17.2 Å². The van der Waals surface area contributed by atoms with Gasteiger partial charge in [-0.1, -0.05) is 42.5 Å². The Morgan fingerprint density at radius 1 is 0.897 bits per heavy atom. The maximum absolute atomic E-state index is 12.8. The average molecular weight is 389 g/mol. The van der Waals surface area contributed by atoms with Crippen LogP contribution in [0.15, 0.2) is 60.7 Å². The first-order valence-electron chi connectivity index (χ1n) is 10.3. The lowest BCUT2D eigenvalue weighted by Crippen LogP contribution is -2.48. The normalized spacial score (nSPS) is 17.4. The summed E-state index contributed by atoms with van der Waals surface area (Å²) in [5, 5.41) is 2.97. The molecule has 1 N–H and O–H groups in total. The van der Waals surface area contributed by atoms with Crippen LogP contribution >= 0.6 is 0 Å². The molecule has 0 bridgehead atoms. The Labute approximate surface area is 172 Å². The third-order valence-electron chi connectivity index (χ3n) is 5.44. The Morgan fingerprint density at radius 3 is 2.21 bits per heavy atom.